The molecule has 1 saturated heterocycles. The summed E-state index contributed by atoms with van der Waals surface area (Å²) in [6.07, 6.45) is 2.90. The van der Waals surface area contributed by atoms with Crippen molar-refractivity contribution < 1.29 is 33.9 Å². The fourth-order valence-electron chi connectivity index (χ4n) is 2.86. The standard InChI is InChI=1S/C18H24N4O7S/c1-30-12-8-17(28)22(18(12)29)7-5-14(25)20-10-11(23)9-19-13(24)4-6-21-15(26)2-3-16(21)27/h2-3,11-12,23H,4-10H2,1H3,(H,19,24)(H,20,25). The Hall–Kier alpha value is -2.73. The van der Waals surface area contributed by atoms with Crippen molar-refractivity contribution in [2.45, 2.75) is 30.6 Å². The minimum atomic E-state index is -1.05. The summed E-state index contributed by atoms with van der Waals surface area (Å²) in [5.41, 5.74) is 0. The molecule has 2 atom stereocenters. The number of carbonyl (C=O) groups is 6. The van der Waals surface area contributed by atoms with E-state index in [1.807, 2.05) is 0 Å². The van der Waals surface area contributed by atoms with Gasteiger partial charge in [-0.1, -0.05) is 0 Å². The molecule has 1 fully saturated rings. The number of hydrogen-bond donors (Lipinski definition) is 3. The van der Waals surface area contributed by atoms with Crippen molar-refractivity contribution in [3.8, 4) is 0 Å². The highest BCUT2D eigenvalue weighted by molar-refractivity contribution is 8.00. The van der Waals surface area contributed by atoms with Gasteiger partial charge in [-0.05, 0) is 6.26 Å². The van der Waals surface area contributed by atoms with Gasteiger partial charge in [0.15, 0.2) is 0 Å². The van der Waals surface area contributed by atoms with Crippen LogP contribution in [0.3, 0.4) is 0 Å². The zero-order valence-corrected chi connectivity index (χ0v) is 17.3. The molecule has 0 aromatic heterocycles. The predicted molar refractivity (Wildman–Crippen MR) is 106 cm³/mol. The summed E-state index contributed by atoms with van der Waals surface area (Å²) in [6.45, 7) is -0.329. The van der Waals surface area contributed by atoms with Gasteiger partial charge in [0.1, 0.15) is 0 Å². The van der Waals surface area contributed by atoms with Gasteiger partial charge >= 0.3 is 0 Å². The number of aliphatic hydroxyl groups is 1. The third kappa shape index (κ3) is 6.39. The summed E-state index contributed by atoms with van der Waals surface area (Å²) >= 11 is 1.30. The van der Waals surface area contributed by atoms with Crippen LogP contribution in [0.25, 0.3) is 0 Å². The number of rotatable bonds is 11. The van der Waals surface area contributed by atoms with Crippen LogP contribution in [-0.2, 0) is 28.8 Å². The van der Waals surface area contributed by atoms with E-state index in [9.17, 15) is 33.9 Å². The first-order chi connectivity index (χ1) is 14.2. The van der Waals surface area contributed by atoms with Gasteiger partial charge in [-0.3, -0.25) is 38.6 Å². The summed E-state index contributed by atoms with van der Waals surface area (Å²) in [7, 11) is 0. The van der Waals surface area contributed by atoms with Crippen LogP contribution in [0.2, 0.25) is 0 Å². The molecule has 0 saturated carbocycles. The number of likely N-dealkylation sites (tertiary alicyclic amines) is 1. The van der Waals surface area contributed by atoms with Crippen LogP contribution in [0, 0.1) is 0 Å². The Morgan fingerprint density at radius 1 is 1.03 bits per heavy atom. The highest BCUT2D eigenvalue weighted by atomic mass is 32.2. The highest BCUT2D eigenvalue weighted by Gasteiger charge is 2.37. The SMILES string of the molecule is CSC1CC(=O)N(CCC(=O)NCC(O)CNC(=O)CCN2C(=O)C=CC2=O)C1=O. The van der Waals surface area contributed by atoms with Crippen LogP contribution in [0.5, 0.6) is 0 Å². The van der Waals surface area contributed by atoms with Crippen molar-refractivity contribution in [2.24, 2.45) is 0 Å². The Balaban J connectivity index is 1.59. The Bertz CT molecular complexity index is 752. The van der Waals surface area contributed by atoms with Gasteiger partial charge in [0.05, 0.1) is 11.4 Å². The average molecular weight is 440 g/mol. The fourth-order valence-corrected chi connectivity index (χ4v) is 3.50. The molecule has 3 N–H and O–H groups in total. The van der Waals surface area contributed by atoms with Crippen LogP contribution < -0.4 is 10.6 Å². The molecular formula is C18H24N4O7S. The lowest BCUT2D eigenvalue weighted by Crippen LogP contribution is -2.42. The van der Waals surface area contributed by atoms with Crippen LogP contribution >= 0.6 is 11.8 Å². The van der Waals surface area contributed by atoms with Gasteiger partial charge in [-0.25, -0.2) is 0 Å². The molecular weight excluding hydrogens is 416 g/mol. The molecule has 0 aromatic rings. The molecule has 0 radical (unpaired) electrons. The molecule has 2 aliphatic heterocycles. The lowest BCUT2D eigenvalue weighted by Gasteiger charge is -2.16. The number of nitrogens with zero attached hydrogens (tertiary/aromatic N) is 2. The van der Waals surface area contributed by atoms with Gasteiger partial charge in [0.2, 0.25) is 23.6 Å². The molecule has 0 aliphatic carbocycles. The zero-order valence-electron chi connectivity index (χ0n) is 16.5. The maximum Gasteiger partial charge on any atom is 0.253 e. The Morgan fingerprint density at radius 2 is 1.53 bits per heavy atom. The number of amides is 6. The fraction of sp³-hybridized carbons (Fsp3) is 0.556. The van der Waals surface area contributed by atoms with Gasteiger partial charge in [0.25, 0.3) is 11.8 Å². The van der Waals surface area contributed by atoms with E-state index in [2.05, 4.69) is 10.6 Å². The van der Waals surface area contributed by atoms with E-state index in [-0.39, 0.29) is 57.3 Å². The summed E-state index contributed by atoms with van der Waals surface area (Å²) in [6, 6.07) is 0. The van der Waals surface area contributed by atoms with Crippen molar-refractivity contribution >= 4 is 47.2 Å². The van der Waals surface area contributed by atoms with E-state index in [1.165, 1.54) is 11.8 Å². The molecule has 2 rings (SSSR count). The quantitative estimate of drug-likeness (QED) is 0.305. The third-order valence-corrected chi connectivity index (χ3v) is 5.52. The van der Waals surface area contributed by atoms with E-state index in [0.29, 0.717) is 0 Å². The Kier molecular flexibility index (Phi) is 8.54. The van der Waals surface area contributed by atoms with Crippen LogP contribution in [-0.4, -0.2) is 94.1 Å². The second-order valence-electron chi connectivity index (χ2n) is 6.74. The van der Waals surface area contributed by atoms with Crippen LogP contribution in [0.4, 0.5) is 0 Å². The molecule has 6 amide bonds. The molecule has 11 nitrogen and oxygen atoms in total. The smallest absolute Gasteiger partial charge is 0.253 e. The minimum absolute atomic E-state index is 0.0177. The molecule has 2 unspecified atom stereocenters. The molecule has 2 heterocycles. The minimum Gasteiger partial charge on any atom is -0.389 e. The molecule has 0 spiro atoms. The number of carbonyl (C=O) groups excluding carboxylic acids is 6. The van der Waals surface area contributed by atoms with Crippen molar-refractivity contribution in [2.75, 3.05) is 32.4 Å². The molecule has 2 aliphatic rings. The summed E-state index contributed by atoms with van der Waals surface area (Å²) < 4.78 is 0. The topological polar surface area (TPSA) is 153 Å². The number of thioether (sulfide) groups is 1. The zero-order chi connectivity index (χ0) is 22.3. The highest BCUT2D eigenvalue weighted by Crippen LogP contribution is 2.22. The maximum absolute atomic E-state index is 12.0. The molecule has 0 bridgehead atoms. The second kappa shape index (κ2) is 10.9. The summed E-state index contributed by atoms with van der Waals surface area (Å²) in [5, 5.41) is 14.4. The van der Waals surface area contributed by atoms with Crippen molar-refractivity contribution in [3.05, 3.63) is 12.2 Å². The average Bonchev–Trinajstić information content (AvgIpc) is 3.18. The monoisotopic (exact) mass is 440 g/mol. The van der Waals surface area contributed by atoms with Gasteiger partial charge in [-0.15, -0.1) is 0 Å². The van der Waals surface area contributed by atoms with Crippen LogP contribution in [0.1, 0.15) is 19.3 Å². The van der Waals surface area contributed by atoms with Gasteiger partial charge < -0.3 is 15.7 Å². The molecule has 12 heteroatoms. The molecule has 0 aromatic carbocycles. The number of hydrogen-bond acceptors (Lipinski definition) is 8. The van der Waals surface area contributed by atoms with Gasteiger partial charge in [0, 0.05) is 57.6 Å². The first kappa shape index (κ1) is 23.5. The van der Waals surface area contributed by atoms with E-state index < -0.39 is 35.0 Å². The summed E-state index contributed by atoms with van der Waals surface area (Å²) in [4.78, 5) is 72.2. The molecule has 30 heavy (non-hydrogen) atoms. The number of nitrogens with one attached hydrogen (secondary N) is 2. The number of aliphatic hydroxyl groups excluding tert-OH is 1. The lowest BCUT2D eigenvalue weighted by atomic mass is 10.3. The van der Waals surface area contributed by atoms with E-state index in [1.54, 1.807) is 6.26 Å². The largest absolute Gasteiger partial charge is 0.389 e. The second-order valence-corrected chi connectivity index (χ2v) is 7.78. The van der Waals surface area contributed by atoms with E-state index in [0.717, 1.165) is 22.0 Å². The summed E-state index contributed by atoms with van der Waals surface area (Å²) in [5.74, 6) is -2.44. The Labute approximate surface area is 177 Å². The van der Waals surface area contributed by atoms with Crippen molar-refractivity contribution in [3.63, 3.8) is 0 Å². The molecule has 164 valence electrons. The lowest BCUT2D eigenvalue weighted by molar-refractivity contribution is -0.140. The maximum atomic E-state index is 12.0. The first-order valence-corrected chi connectivity index (χ1v) is 10.6. The van der Waals surface area contributed by atoms with Crippen molar-refractivity contribution in [1.29, 1.82) is 0 Å². The first-order valence-electron chi connectivity index (χ1n) is 9.35. The number of imide groups is 2. The predicted octanol–water partition coefficient (Wildman–Crippen LogP) is -2.22. The van der Waals surface area contributed by atoms with E-state index in [4.69, 9.17) is 0 Å². The van der Waals surface area contributed by atoms with Gasteiger partial charge in [-0.2, -0.15) is 11.8 Å². The normalized spacial score (nSPS) is 19.6. The Morgan fingerprint density at radius 3 is 2.00 bits per heavy atom. The third-order valence-electron chi connectivity index (χ3n) is 4.58. The van der Waals surface area contributed by atoms with Crippen molar-refractivity contribution in [1.82, 2.24) is 20.4 Å². The van der Waals surface area contributed by atoms with E-state index >= 15 is 0 Å². The van der Waals surface area contributed by atoms with Crippen LogP contribution in [0.15, 0.2) is 12.2 Å².